The summed E-state index contributed by atoms with van der Waals surface area (Å²) in [5.74, 6) is 1.47. The van der Waals surface area contributed by atoms with E-state index in [1.54, 1.807) is 14.2 Å². The van der Waals surface area contributed by atoms with Crippen LogP contribution in [0.5, 0.6) is 11.5 Å². The van der Waals surface area contributed by atoms with E-state index in [1.807, 2.05) is 25.3 Å². The van der Waals surface area contributed by atoms with Gasteiger partial charge in [0.25, 0.3) is 0 Å². The first-order valence-electron chi connectivity index (χ1n) is 5.63. The summed E-state index contributed by atoms with van der Waals surface area (Å²) in [4.78, 5) is 3.23. The number of rotatable bonds is 4. The molecule has 3 N–H and O–H groups in total. The highest BCUT2D eigenvalue weighted by atomic mass is 16.5. The lowest BCUT2D eigenvalue weighted by Gasteiger charge is -2.08. The van der Waals surface area contributed by atoms with Gasteiger partial charge in [0, 0.05) is 29.2 Å². The third kappa shape index (κ3) is 2.22. The summed E-state index contributed by atoms with van der Waals surface area (Å²) >= 11 is 0. The van der Waals surface area contributed by atoms with Crippen LogP contribution < -0.4 is 15.2 Å². The van der Waals surface area contributed by atoms with Crippen LogP contribution in [-0.4, -0.2) is 25.2 Å². The molecule has 2 aromatic rings. The Labute approximate surface area is 101 Å². The second kappa shape index (κ2) is 4.67. The molecule has 17 heavy (non-hydrogen) atoms. The van der Waals surface area contributed by atoms with Crippen LogP contribution >= 0.6 is 0 Å². The lowest BCUT2D eigenvalue weighted by Crippen LogP contribution is -2.17. The number of H-pyrrole nitrogens is 1. The summed E-state index contributed by atoms with van der Waals surface area (Å²) in [6.45, 7) is 2.00. The Kier molecular flexibility index (Phi) is 3.24. The topological polar surface area (TPSA) is 60.3 Å². The van der Waals surface area contributed by atoms with Gasteiger partial charge in [0.1, 0.15) is 0 Å². The van der Waals surface area contributed by atoms with Gasteiger partial charge < -0.3 is 20.2 Å². The fourth-order valence-electron chi connectivity index (χ4n) is 2.02. The summed E-state index contributed by atoms with van der Waals surface area (Å²) in [7, 11) is 3.27. The summed E-state index contributed by atoms with van der Waals surface area (Å²) in [6, 6.07) is 4.07. The van der Waals surface area contributed by atoms with Crippen LogP contribution in [0.15, 0.2) is 18.3 Å². The van der Waals surface area contributed by atoms with Gasteiger partial charge in [-0.15, -0.1) is 0 Å². The number of nitrogens with one attached hydrogen (secondary N) is 1. The number of aromatic nitrogens is 1. The normalized spacial score (nSPS) is 12.7. The van der Waals surface area contributed by atoms with E-state index >= 15 is 0 Å². The third-order valence-corrected chi connectivity index (χ3v) is 2.81. The number of hydrogen-bond donors (Lipinski definition) is 2. The molecule has 0 aliphatic carbocycles. The number of fused-ring (bicyclic) bond motifs is 1. The molecule has 4 heteroatoms. The second-order valence-corrected chi connectivity index (χ2v) is 4.25. The highest BCUT2D eigenvalue weighted by molar-refractivity contribution is 5.86. The smallest absolute Gasteiger partial charge is 0.162 e. The number of ether oxygens (including phenoxy) is 2. The Morgan fingerprint density at radius 1 is 1.24 bits per heavy atom. The molecule has 92 valence electrons. The maximum atomic E-state index is 5.83. The first-order chi connectivity index (χ1) is 8.15. The molecular formula is C13H18N2O2. The van der Waals surface area contributed by atoms with Gasteiger partial charge in [0.05, 0.1) is 14.2 Å². The van der Waals surface area contributed by atoms with Gasteiger partial charge in [-0.25, -0.2) is 0 Å². The molecule has 1 aromatic carbocycles. The van der Waals surface area contributed by atoms with Crippen molar-refractivity contribution in [1.82, 2.24) is 4.98 Å². The minimum atomic E-state index is 0.141. The van der Waals surface area contributed by atoms with E-state index in [9.17, 15) is 0 Å². The van der Waals surface area contributed by atoms with Crippen molar-refractivity contribution >= 4 is 10.9 Å². The van der Waals surface area contributed by atoms with Crippen molar-refractivity contribution in [2.75, 3.05) is 14.2 Å². The van der Waals surface area contributed by atoms with Crippen molar-refractivity contribution < 1.29 is 9.47 Å². The number of aromatic amines is 1. The first kappa shape index (κ1) is 11.8. The van der Waals surface area contributed by atoms with Gasteiger partial charge >= 0.3 is 0 Å². The van der Waals surface area contributed by atoms with Crippen LogP contribution in [-0.2, 0) is 6.42 Å². The van der Waals surface area contributed by atoms with Gasteiger partial charge in [0.15, 0.2) is 11.5 Å². The van der Waals surface area contributed by atoms with Gasteiger partial charge in [-0.1, -0.05) is 0 Å². The molecule has 0 fully saturated rings. The lowest BCUT2D eigenvalue weighted by atomic mass is 10.1. The zero-order chi connectivity index (χ0) is 12.4. The summed E-state index contributed by atoms with van der Waals surface area (Å²) in [5.41, 5.74) is 8.08. The monoisotopic (exact) mass is 234 g/mol. The molecule has 4 nitrogen and oxygen atoms in total. The van der Waals surface area contributed by atoms with E-state index in [2.05, 4.69) is 4.98 Å². The Morgan fingerprint density at radius 3 is 2.47 bits per heavy atom. The van der Waals surface area contributed by atoms with E-state index in [-0.39, 0.29) is 6.04 Å². The highest BCUT2D eigenvalue weighted by Gasteiger charge is 2.11. The fourth-order valence-corrected chi connectivity index (χ4v) is 2.02. The van der Waals surface area contributed by atoms with Crippen LogP contribution in [0.1, 0.15) is 12.5 Å². The standard InChI is InChI=1S/C13H18N2O2/c1-8(14)4-9-7-15-11-6-13(17-3)12(16-2)5-10(9)11/h5-8,15H,4,14H2,1-3H3. The van der Waals surface area contributed by atoms with E-state index in [0.29, 0.717) is 0 Å². The van der Waals surface area contributed by atoms with Crippen molar-refractivity contribution in [1.29, 1.82) is 0 Å². The van der Waals surface area contributed by atoms with E-state index in [4.69, 9.17) is 15.2 Å². The molecule has 1 unspecified atom stereocenters. The molecule has 0 aliphatic heterocycles. The predicted octanol–water partition coefficient (Wildman–Crippen LogP) is 2.07. The van der Waals surface area contributed by atoms with E-state index < -0.39 is 0 Å². The molecule has 0 radical (unpaired) electrons. The Bertz CT molecular complexity index is 517. The summed E-state index contributed by atoms with van der Waals surface area (Å²) < 4.78 is 10.6. The lowest BCUT2D eigenvalue weighted by molar-refractivity contribution is 0.356. The summed E-state index contributed by atoms with van der Waals surface area (Å²) in [6.07, 6.45) is 2.84. The first-order valence-corrected chi connectivity index (χ1v) is 5.63. The van der Waals surface area contributed by atoms with E-state index in [1.165, 1.54) is 5.56 Å². The molecule has 2 rings (SSSR count). The molecule has 0 saturated heterocycles. The van der Waals surface area contributed by atoms with Crippen molar-refractivity contribution in [3.63, 3.8) is 0 Å². The Morgan fingerprint density at radius 2 is 1.88 bits per heavy atom. The number of hydrogen-bond acceptors (Lipinski definition) is 3. The van der Waals surface area contributed by atoms with Crippen molar-refractivity contribution in [3.8, 4) is 11.5 Å². The van der Waals surface area contributed by atoms with Crippen LogP contribution in [0, 0.1) is 0 Å². The zero-order valence-corrected chi connectivity index (χ0v) is 10.4. The van der Waals surface area contributed by atoms with Gasteiger partial charge in [0.2, 0.25) is 0 Å². The van der Waals surface area contributed by atoms with Gasteiger partial charge in [-0.05, 0) is 25.0 Å². The number of nitrogens with two attached hydrogens (primary N) is 1. The second-order valence-electron chi connectivity index (χ2n) is 4.25. The largest absolute Gasteiger partial charge is 0.493 e. The third-order valence-electron chi connectivity index (χ3n) is 2.81. The molecule has 0 amide bonds. The molecule has 1 atom stereocenters. The van der Waals surface area contributed by atoms with Crippen molar-refractivity contribution in [2.45, 2.75) is 19.4 Å². The van der Waals surface area contributed by atoms with Crippen LogP contribution in [0.3, 0.4) is 0 Å². The molecule has 1 aromatic heterocycles. The average Bonchev–Trinajstić information content (AvgIpc) is 2.69. The summed E-state index contributed by atoms with van der Waals surface area (Å²) in [5, 5.41) is 1.14. The molecule has 1 heterocycles. The molecule has 0 saturated carbocycles. The quantitative estimate of drug-likeness (QED) is 0.851. The highest BCUT2D eigenvalue weighted by Crippen LogP contribution is 2.33. The van der Waals surface area contributed by atoms with Gasteiger partial charge in [-0.3, -0.25) is 0 Å². The van der Waals surface area contributed by atoms with Crippen LogP contribution in [0.2, 0.25) is 0 Å². The molecule has 0 spiro atoms. The predicted molar refractivity (Wildman–Crippen MR) is 68.8 cm³/mol. The van der Waals surface area contributed by atoms with E-state index in [0.717, 1.165) is 28.8 Å². The fraction of sp³-hybridized carbons (Fsp3) is 0.385. The minimum absolute atomic E-state index is 0.141. The van der Waals surface area contributed by atoms with Crippen molar-refractivity contribution in [3.05, 3.63) is 23.9 Å². The minimum Gasteiger partial charge on any atom is -0.493 e. The number of methoxy groups -OCH3 is 2. The van der Waals surface area contributed by atoms with Crippen LogP contribution in [0.4, 0.5) is 0 Å². The van der Waals surface area contributed by atoms with Gasteiger partial charge in [-0.2, -0.15) is 0 Å². The molecular weight excluding hydrogens is 216 g/mol. The Hall–Kier alpha value is -1.68. The molecule has 0 aliphatic rings. The molecule has 0 bridgehead atoms. The SMILES string of the molecule is COc1cc2[nH]cc(CC(C)N)c2cc1OC. The zero-order valence-electron chi connectivity index (χ0n) is 10.4. The maximum Gasteiger partial charge on any atom is 0.162 e. The average molecular weight is 234 g/mol. The Balaban J connectivity index is 2.53. The van der Waals surface area contributed by atoms with Crippen LogP contribution in [0.25, 0.3) is 10.9 Å². The van der Waals surface area contributed by atoms with Crippen molar-refractivity contribution in [2.24, 2.45) is 5.73 Å². The maximum absolute atomic E-state index is 5.83. The number of benzene rings is 1.